The van der Waals surface area contributed by atoms with Gasteiger partial charge in [0.1, 0.15) is 5.75 Å². The van der Waals surface area contributed by atoms with Crippen molar-refractivity contribution in [1.82, 2.24) is 5.32 Å². The lowest BCUT2D eigenvalue weighted by Gasteiger charge is -2.39. The Morgan fingerprint density at radius 3 is 2.68 bits per heavy atom. The maximum atomic E-state index is 12.6. The van der Waals surface area contributed by atoms with E-state index in [2.05, 4.69) is 22.1 Å². The maximum absolute atomic E-state index is 12.6. The molecule has 1 amide bonds. The molecule has 0 unspecified atom stereocenters. The third-order valence-electron chi connectivity index (χ3n) is 5.06. The van der Waals surface area contributed by atoms with E-state index in [-0.39, 0.29) is 29.8 Å². The molecule has 0 radical (unpaired) electrons. The molecule has 1 aromatic heterocycles. The zero-order valence-corrected chi connectivity index (χ0v) is 16.0. The molecule has 25 heavy (non-hydrogen) atoms. The smallest absolute Gasteiger partial charge is 0.255 e. The summed E-state index contributed by atoms with van der Waals surface area (Å²) in [4.78, 5) is 12.6. The first-order chi connectivity index (χ1) is 11.6. The second kappa shape index (κ2) is 8.70. The topological polar surface area (TPSA) is 64.3 Å². The minimum Gasteiger partial charge on any atom is -0.496 e. The van der Waals surface area contributed by atoms with Crippen LogP contribution in [-0.2, 0) is 5.41 Å². The third kappa shape index (κ3) is 4.35. The molecule has 136 valence electrons. The first-order valence-electron chi connectivity index (χ1n) is 8.34. The number of nitrogens with one attached hydrogen (secondary N) is 1. The highest BCUT2D eigenvalue weighted by Crippen LogP contribution is 2.39. The van der Waals surface area contributed by atoms with Gasteiger partial charge in [-0.2, -0.15) is 11.3 Å². The molecule has 3 rings (SSSR count). The number of hydrogen-bond donors (Lipinski definition) is 2. The molecular weight excluding hydrogens is 356 g/mol. The Kier molecular flexibility index (Phi) is 6.87. The first-order valence-corrected chi connectivity index (χ1v) is 9.28. The lowest BCUT2D eigenvalue weighted by Crippen LogP contribution is -2.45. The quantitative estimate of drug-likeness (QED) is 0.830. The Labute approximate surface area is 159 Å². The summed E-state index contributed by atoms with van der Waals surface area (Å²) in [6.45, 7) is 0.632. The normalized spacial score (nSPS) is 22.7. The number of para-hydroxylation sites is 1. The van der Waals surface area contributed by atoms with Gasteiger partial charge in [0.25, 0.3) is 5.91 Å². The van der Waals surface area contributed by atoms with Crippen molar-refractivity contribution in [3.63, 3.8) is 0 Å². The van der Waals surface area contributed by atoms with Gasteiger partial charge in [-0.1, -0.05) is 12.1 Å². The molecular formula is C19H25ClN2O2S. The molecule has 1 aliphatic rings. The minimum absolute atomic E-state index is 0. The number of methoxy groups -OCH3 is 1. The molecule has 1 aliphatic carbocycles. The van der Waals surface area contributed by atoms with E-state index >= 15 is 0 Å². The van der Waals surface area contributed by atoms with Crippen molar-refractivity contribution in [3.05, 3.63) is 52.2 Å². The van der Waals surface area contributed by atoms with E-state index in [0.717, 1.165) is 25.7 Å². The summed E-state index contributed by atoms with van der Waals surface area (Å²) < 4.78 is 5.29. The number of benzene rings is 1. The number of amides is 1. The number of nitrogens with two attached hydrogens (primary N) is 1. The molecule has 0 bridgehead atoms. The lowest BCUT2D eigenvalue weighted by molar-refractivity contribution is 0.0932. The second-order valence-corrected chi connectivity index (χ2v) is 7.29. The van der Waals surface area contributed by atoms with E-state index in [1.54, 1.807) is 24.5 Å². The van der Waals surface area contributed by atoms with Crippen LogP contribution in [0, 0.1) is 0 Å². The van der Waals surface area contributed by atoms with Gasteiger partial charge in [-0.25, -0.2) is 0 Å². The van der Waals surface area contributed by atoms with Crippen LogP contribution >= 0.6 is 23.7 Å². The van der Waals surface area contributed by atoms with Crippen LogP contribution in [0.1, 0.15) is 41.6 Å². The molecule has 0 saturated heterocycles. The van der Waals surface area contributed by atoms with E-state index in [0.29, 0.717) is 17.9 Å². The van der Waals surface area contributed by atoms with Crippen molar-refractivity contribution < 1.29 is 9.53 Å². The fraction of sp³-hybridized carbons (Fsp3) is 0.421. The van der Waals surface area contributed by atoms with Gasteiger partial charge >= 0.3 is 0 Å². The zero-order chi connectivity index (χ0) is 17.0. The van der Waals surface area contributed by atoms with Gasteiger partial charge in [0.2, 0.25) is 0 Å². The summed E-state index contributed by atoms with van der Waals surface area (Å²) >= 11 is 1.71. The summed E-state index contributed by atoms with van der Waals surface area (Å²) in [5.74, 6) is 0.516. The Morgan fingerprint density at radius 1 is 1.32 bits per heavy atom. The number of halogens is 1. The Morgan fingerprint density at radius 2 is 2.04 bits per heavy atom. The first kappa shape index (κ1) is 19.8. The van der Waals surface area contributed by atoms with Crippen molar-refractivity contribution in [2.24, 2.45) is 5.73 Å². The molecule has 0 atom stereocenters. The largest absolute Gasteiger partial charge is 0.496 e. The lowest BCUT2D eigenvalue weighted by atomic mass is 9.69. The highest BCUT2D eigenvalue weighted by atomic mass is 35.5. The number of rotatable bonds is 5. The monoisotopic (exact) mass is 380 g/mol. The van der Waals surface area contributed by atoms with Crippen LogP contribution in [0.2, 0.25) is 0 Å². The van der Waals surface area contributed by atoms with Crippen molar-refractivity contribution in [1.29, 1.82) is 0 Å². The van der Waals surface area contributed by atoms with E-state index in [9.17, 15) is 4.79 Å². The van der Waals surface area contributed by atoms with Gasteiger partial charge in [0.05, 0.1) is 12.7 Å². The summed E-state index contributed by atoms with van der Waals surface area (Å²) in [5.41, 5.74) is 7.98. The standard InChI is InChI=1S/C19H24N2O2S.ClH/c1-23-17-5-3-2-4-16(17)18(22)21-13-19(14-8-11-24-12-14)9-6-15(20)7-10-19;/h2-5,8,11-12,15H,6-7,9-10,13,20H2,1H3,(H,21,22);1H. The van der Waals surface area contributed by atoms with Crippen LogP contribution < -0.4 is 15.8 Å². The molecule has 4 nitrogen and oxygen atoms in total. The van der Waals surface area contributed by atoms with E-state index < -0.39 is 0 Å². The predicted octanol–water partition coefficient (Wildman–Crippen LogP) is 3.75. The molecule has 3 N–H and O–H groups in total. The number of ether oxygens (including phenoxy) is 1. The summed E-state index contributed by atoms with van der Waals surface area (Å²) in [6.07, 6.45) is 4.02. The fourth-order valence-electron chi connectivity index (χ4n) is 3.50. The summed E-state index contributed by atoms with van der Waals surface area (Å²) in [7, 11) is 1.58. The van der Waals surface area contributed by atoms with Gasteiger partial charge in [-0.3, -0.25) is 4.79 Å². The van der Waals surface area contributed by atoms with Gasteiger partial charge < -0.3 is 15.8 Å². The average molecular weight is 381 g/mol. The second-order valence-electron chi connectivity index (χ2n) is 6.51. The zero-order valence-electron chi connectivity index (χ0n) is 14.4. The van der Waals surface area contributed by atoms with Crippen LogP contribution in [0.4, 0.5) is 0 Å². The van der Waals surface area contributed by atoms with Crippen LogP contribution in [0.3, 0.4) is 0 Å². The minimum atomic E-state index is -0.0862. The van der Waals surface area contributed by atoms with Crippen LogP contribution in [-0.4, -0.2) is 25.6 Å². The van der Waals surface area contributed by atoms with Gasteiger partial charge in [-0.05, 0) is 60.2 Å². The molecule has 6 heteroatoms. The Bertz CT molecular complexity index is 682. The number of carbonyl (C=O) groups excluding carboxylic acids is 1. The number of thiophene rings is 1. The van der Waals surface area contributed by atoms with Crippen LogP contribution in [0.5, 0.6) is 5.75 Å². The molecule has 1 heterocycles. The third-order valence-corrected chi connectivity index (χ3v) is 5.74. The van der Waals surface area contributed by atoms with Crippen molar-refractivity contribution >= 4 is 29.7 Å². The Balaban J connectivity index is 0.00000225. The summed E-state index contributed by atoms with van der Waals surface area (Å²) in [5, 5.41) is 7.44. The molecule has 1 saturated carbocycles. The molecule has 1 aromatic carbocycles. The SMILES string of the molecule is COc1ccccc1C(=O)NCC1(c2ccsc2)CCC(N)CC1.Cl. The van der Waals surface area contributed by atoms with E-state index in [4.69, 9.17) is 10.5 Å². The van der Waals surface area contributed by atoms with Crippen molar-refractivity contribution in [2.45, 2.75) is 37.1 Å². The Hall–Kier alpha value is -1.56. The van der Waals surface area contributed by atoms with E-state index in [1.807, 2.05) is 18.2 Å². The van der Waals surface area contributed by atoms with Crippen molar-refractivity contribution in [2.75, 3.05) is 13.7 Å². The number of carbonyl (C=O) groups is 1. The number of hydrogen-bond acceptors (Lipinski definition) is 4. The van der Waals surface area contributed by atoms with E-state index in [1.165, 1.54) is 5.56 Å². The highest BCUT2D eigenvalue weighted by Gasteiger charge is 2.36. The van der Waals surface area contributed by atoms with Crippen LogP contribution in [0.15, 0.2) is 41.1 Å². The summed E-state index contributed by atoms with van der Waals surface area (Å²) in [6, 6.07) is 9.78. The van der Waals surface area contributed by atoms with Gasteiger partial charge in [-0.15, -0.1) is 12.4 Å². The predicted molar refractivity (Wildman–Crippen MR) is 105 cm³/mol. The average Bonchev–Trinajstić information content (AvgIpc) is 3.16. The highest BCUT2D eigenvalue weighted by molar-refractivity contribution is 7.08. The van der Waals surface area contributed by atoms with Crippen LogP contribution in [0.25, 0.3) is 0 Å². The molecule has 0 aliphatic heterocycles. The molecule has 1 fully saturated rings. The maximum Gasteiger partial charge on any atom is 0.255 e. The van der Waals surface area contributed by atoms with Gasteiger partial charge in [0.15, 0.2) is 0 Å². The van der Waals surface area contributed by atoms with Crippen molar-refractivity contribution in [3.8, 4) is 5.75 Å². The molecule has 0 spiro atoms. The molecule has 2 aromatic rings. The fourth-order valence-corrected chi connectivity index (χ4v) is 4.28. The van der Waals surface area contributed by atoms with Gasteiger partial charge in [0, 0.05) is 18.0 Å².